The number of likely N-dealkylation sites (N-methyl/N-ethyl adjacent to an activating group) is 1. The highest BCUT2D eigenvalue weighted by molar-refractivity contribution is 5.77. The zero-order valence-electron chi connectivity index (χ0n) is 12.4. The van der Waals surface area contributed by atoms with Crippen LogP contribution in [0.3, 0.4) is 0 Å². The van der Waals surface area contributed by atoms with Gasteiger partial charge >= 0.3 is 0 Å². The molecule has 2 rings (SSSR count). The number of amides is 1. The van der Waals surface area contributed by atoms with Crippen LogP contribution in [0.5, 0.6) is 5.75 Å². The quantitative estimate of drug-likeness (QED) is 0.918. The van der Waals surface area contributed by atoms with Crippen LogP contribution in [0, 0.1) is 0 Å². The first-order chi connectivity index (χ1) is 9.50. The summed E-state index contributed by atoms with van der Waals surface area (Å²) in [6.07, 6.45) is 2.24. The van der Waals surface area contributed by atoms with Crippen LogP contribution in [0.2, 0.25) is 0 Å². The predicted octanol–water partition coefficient (Wildman–Crippen LogP) is 2.30. The average Bonchev–Trinajstić information content (AvgIpc) is 2.44. The fraction of sp³-hybridized carbons (Fsp3) is 0.562. The monoisotopic (exact) mass is 277 g/mol. The Labute approximate surface area is 120 Å². The van der Waals surface area contributed by atoms with E-state index in [4.69, 9.17) is 4.74 Å². The second-order valence-electron chi connectivity index (χ2n) is 5.62. The molecule has 0 bridgehead atoms. The van der Waals surface area contributed by atoms with Crippen molar-refractivity contribution in [3.63, 3.8) is 0 Å². The lowest BCUT2D eigenvalue weighted by Crippen LogP contribution is -2.36. The van der Waals surface area contributed by atoms with Gasteiger partial charge in [0.25, 0.3) is 5.91 Å². The lowest BCUT2D eigenvalue weighted by atomic mass is 9.89. The Morgan fingerprint density at radius 3 is 2.95 bits per heavy atom. The Bertz CT molecular complexity index is 485. The predicted molar refractivity (Wildman–Crippen MR) is 77.7 cm³/mol. The standard InChI is InChI=1S/C16H23NO3/c1-11(2)17(3)16(19)10-20-15-9-5-6-12-13(15)7-4-8-14(12)18/h5-6,9,11,14,18H,4,7-8,10H2,1-3H3. The van der Waals surface area contributed by atoms with E-state index in [-0.39, 0.29) is 18.6 Å². The Morgan fingerprint density at radius 2 is 2.25 bits per heavy atom. The molecule has 1 N–H and O–H groups in total. The molecule has 1 unspecified atom stereocenters. The van der Waals surface area contributed by atoms with Crippen molar-refractivity contribution in [3.05, 3.63) is 29.3 Å². The molecule has 1 aromatic carbocycles. The zero-order valence-corrected chi connectivity index (χ0v) is 12.4. The Morgan fingerprint density at radius 1 is 1.50 bits per heavy atom. The highest BCUT2D eigenvalue weighted by Crippen LogP contribution is 2.35. The van der Waals surface area contributed by atoms with Gasteiger partial charge in [0.15, 0.2) is 6.61 Å². The largest absolute Gasteiger partial charge is 0.483 e. The van der Waals surface area contributed by atoms with E-state index < -0.39 is 6.10 Å². The number of fused-ring (bicyclic) bond motifs is 1. The molecule has 1 amide bonds. The number of hydrogen-bond acceptors (Lipinski definition) is 3. The molecule has 0 aliphatic heterocycles. The van der Waals surface area contributed by atoms with Crippen molar-refractivity contribution in [3.8, 4) is 5.75 Å². The highest BCUT2D eigenvalue weighted by Gasteiger charge is 2.21. The van der Waals surface area contributed by atoms with E-state index >= 15 is 0 Å². The van der Waals surface area contributed by atoms with E-state index in [9.17, 15) is 9.90 Å². The van der Waals surface area contributed by atoms with Gasteiger partial charge in [0.2, 0.25) is 0 Å². The molecule has 1 aliphatic rings. The minimum atomic E-state index is -0.406. The fourth-order valence-corrected chi connectivity index (χ4v) is 2.45. The number of carbonyl (C=O) groups excluding carboxylic acids is 1. The van der Waals surface area contributed by atoms with Crippen LogP contribution < -0.4 is 4.74 Å². The number of benzene rings is 1. The van der Waals surface area contributed by atoms with E-state index in [0.29, 0.717) is 0 Å². The summed E-state index contributed by atoms with van der Waals surface area (Å²) >= 11 is 0. The van der Waals surface area contributed by atoms with Crippen LogP contribution in [0.15, 0.2) is 18.2 Å². The Kier molecular flexibility index (Phi) is 4.65. The minimum Gasteiger partial charge on any atom is -0.483 e. The molecular formula is C16H23NO3. The van der Waals surface area contributed by atoms with Crippen molar-refractivity contribution >= 4 is 5.91 Å². The lowest BCUT2D eigenvalue weighted by molar-refractivity contribution is -0.133. The smallest absolute Gasteiger partial charge is 0.260 e. The van der Waals surface area contributed by atoms with Gasteiger partial charge in [0.1, 0.15) is 5.75 Å². The van der Waals surface area contributed by atoms with E-state index in [0.717, 1.165) is 36.1 Å². The number of rotatable bonds is 4. The molecule has 0 saturated heterocycles. The summed E-state index contributed by atoms with van der Waals surface area (Å²) in [5.41, 5.74) is 1.99. The molecule has 1 aliphatic carbocycles. The van der Waals surface area contributed by atoms with E-state index in [1.165, 1.54) is 0 Å². The highest BCUT2D eigenvalue weighted by atomic mass is 16.5. The van der Waals surface area contributed by atoms with Gasteiger partial charge in [-0.2, -0.15) is 0 Å². The van der Waals surface area contributed by atoms with E-state index in [1.54, 1.807) is 11.9 Å². The number of aliphatic hydroxyl groups excluding tert-OH is 1. The molecule has 110 valence electrons. The van der Waals surface area contributed by atoms with Gasteiger partial charge in [0, 0.05) is 13.1 Å². The van der Waals surface area contributed by atoms with Crippen LogP contribution in [0.1, 0.15) is 43.9 Å². The van der Waals surface area contributed by atoms with Gasteiger partial charge in [-0.1, -0.05) is 12.1 Å². The summed E-state index contributed by atoms with van der Waals surface area (Å²) in [4.78, 5) is 13.6. The Balaban J connectivity index is 2.07. The summed E-state index contributed by atoms with van der Waals surface area (Å²) in [6.45, 7) is 3.98. The maximum absolute atomic E-state index is 11.9. The second kappa shape index (κ2) is 6.27. The summed E-state index contributed by atoms with van der Waals surface area (Å²) in [5.74, 6) is 0.695. The Hall–Kier alpha value is -1.55. The number of ether oxygens (including phenoxy) is 1. The van der Waals surface area contributed by atoms with Crippen LogP contribution in [-0.2, 0) is 11.2 Å². The second-order valence-corrected chi connectivity index (χ2v) is 5.62. The molecule has 1 aromatic rings. The number of aliphatic hydroxyl groups is 1. The summed E-state index contributed by atoms with van der Waals surface area (Å²) < 4.78 is 5.68. The van der Waals surface area contributed by atoms with E-state index in [2.05, 4.69) is 0 Å². The third kappa shape index (κ3) is 3.12. The summed E-state index contributed by atoms with van der Waals surface area (Å²) in [6, 6.07) is 5.85. The van der Waals surface area contributed by atoms with Crippen LogP contribution in [0.25, 0.3) is 0 Å². The molecular weight excluding hydrogens is 254 g/mol. The van der Waals surface area contributed by atoms with Gasteiger partial charge in [-0.3, -0.25) is 4.79 Å². The third-order valence-electron chi connectivity index (χ3n) is 3.95. The van der Waals surface area contributed by atoms with Crippen molar-refractivity contribution in [1.29, 1.82) is 0 Å². The van der Waals surface area contributed by atoms with Crippen molar-refractivity contribution in [1.82, 2.24) is 4.90 Å². The van der Waals surface area contributed by atoms with E-state index in [1.807, 2.05) is 32.0 Å². The maximum atomic E-state index is 11.9. The zero-order chi connectivity index (χ0) is 14.7. The molecule has 4 heteroatoms. The van der Waals surface area contributed by atoms with Gasteiger partial charge in [-0.25, -0.2) is 0 Å². The number of carbonyl (C=O) groups is 1. The first-order valence-corrected chi connectivity index (χ1v) is 7.19. The molecule has 0 spiro atoms. The van der Waals surface area contributed by atoms with Crippen molar-refractivity contribution < 1.29 is 14.6 Å². The SMILES string of the molecule is CC(C)N(C)C(=O)COc1cccc2c1CCCC2O. The van der Waals surface area contributed by atoms with Crippen LogP contribution in [-0.4, -0.2) is 35.6 Å². The third-order valence-corrected chi connectivity index (χ3v) is 3.95. The molecule has 0 saturated carbocycles. The first kappa shape index (κ1) is 14.9. The van der Waals surface area contributed by atoms with Crippen molar-refractivity contribution in [2.24, 2.45) is 0 Å². The van der Waals surface area contributed by atoms with Gasteiger partial charge in [-0.15, -0.1) is 0 Å². The average molecular weight is 277 g/mol. The van der Waals surface area contributed by atoms with Crippen molar-refractivity contribution in [2.45, 2.75) is 45.3 Å². The lowest BCUT2D eigenvalue weighted by Gasteiger charge is -2.25. The minimum absolute atomic E-state index is 0.0334. The number of nitrogens with zero attached hydrogens (tertiary/aromatic N) is 1. The summed E-state index contributed by atoms with van der Waals surface area (Å²) in [7, 11) is 1.78. The van der Waals surface area contributed by atoms with Crippen molar-refractivity contribution in [2.75, 3.05) is 13.7 Å². The molecule has 0 heterocycles. The molecule has 4 nitrogen and oxygen atoms in total. The first-order valence-electron chi connectivity index (χ1n) is 7.19. The van der Waals surface area contributed by atoms with Crippen LogP contribution in [0.4, 0.5) is 0 Å². The number of hydrogen-bond donors (Lipinski definition) is 1. The van der Waals surface area contributed by atoms with Gasteiger partial charge in [0.05, 0.1) is 6.10 Å². The van der Waals surface area contributed by atoms with Gasteiger partial charge in [-0.05, 0) is 50.3 Å². The molecule has 0 aromatic heterocycles. The molecule has 0 fully saturated rings. The molecule has 1 atom stereocenters. The summed E-state index contributed by atoms with van der Waals surface area (Å²) in [5, 5.41) is 9.99. The maximum Gasteiger partial charge on any atom is 0.260 e. The van der Waals surface area contributed by atoms with Crippen LogP contribution >= 0.6 is 0 Å². The topological polar surface area (TPSA) is 49.8 Å². The fourth-order valence-electron chi connectivity index (χ4n) is 2.45. The normalized spacial score (nSPS) is 17.8. The molecule has 0 radical (unpaired) electrons. The van der Waals surface area contributed by atoms with Gasteiger partial charge < -0.3 is 14.7 Å². The molecule has 20 heavy (non-hydrogen) atoms.